The fraction of sp³-hybridized carbons (Fsp3) is 0. The molecule has 0 aliphatic rings. The lowest BCUT2D eigenvalue weighted by Crippen LogP contribution is -2.08. The molecule has 0 unspecified atom stereocenters. The summed E-state index contributed by atoms with van der Waals surface area (Å²) >= 11 is 0. The van der Waals surface area contributed by atoms with E-state index in [9.17, 15) is 19.7 Å². The molecular weight excluding hydrogens is 316 g/mol. The van der Waals surface area contributed by atoms with Gasteiger partial charge < -0.3 is 10.2 Å². The molecule has 0 aliphatic carbocycles. The van der Waals surface area contributed by atoms with Crippen LogP contribution >= 0.6 is 12.4 Å². The van der Waals surface area contributed by atoms with Gasteiger partial charge in [-0.3, -0.25) is 15.1 Å². The van der Waals surface area contributed by atoms with Crippen molar-refractivity contribution >= 4 is 30.0 Å². The number of carboxylic acid groups (broad SMARTS) is 2. The molecular formula is C13H9ClN2O6. The summed E-state index contributed by atoms with van der Waals surface area (Å²) in [5, 5.41) is 29.1. The van der Waals surface area contributed by atoms with Crippen LogP contribution in [0, 0.1) is 10.1 Å². The van der Waals surface area contributed by atoms with Crippen LogP contribution in [0.4, 0.5) is 5.69 Å². The Morgan fingerprint density at radius 1 is 1.09 bits per heavy atom. The first-order valence-corrected chi connectivity index (χ1v) is 5.61. The Morgan fingerprint density at radius 3 is 2.09 bits per heavy atom. The summed E-state index contributed by atoms with van der Waals surface area (Å²) in [6.45, 7) is 0. The van der Waals surface area contributed by atoms with E-state index in [1.807, 2.05) is 0 Å². The first-order chi connectivity index (χ1) is 9.91. The first kappa shape index (κ1) is 17.1. The number of nitrogens with zero attached hydrogens (tertiary/aromatic N) is 2. The molecule has 0 radical (unpaired) electrons. The third-order valence-corrected chi connectivity index (χ3v) is 2.75. The lowest BCUT2D eigenvalue weighted by atomic mass is 9.96. The highest BCUT2D eigenvalue weighted by Gasteiger charge is 2.21. The van der Waals surface area contributed by atoms with Crippen LogP contribution < -0.4 is 0 Å². The predicted molar refractivity (Wildman–Crippen MR) is 77.5 cm³/mol. The molecule has 0 saturated heterocycles. The average molecular weight is 325 g/mol. The maximum absolute atomic E-state index is 11.2. The van der Waals surface area contributed by atoms with Crippen molar-refractivity contribution < 1.29 is 24.7 Å². The van der Waals surface area contributed by atoms with E-state index in [0.29, 0.717) is 0 Å². The number of aromatic carboxylic acids is 2. The van der Waals surface area contributed by atoms with Crippen LogP contribution in [0.2, 0.25) is 0 Å². The van der Waals surface area contributed by atoms with Crippen LogP contribution in [0.15, 0.2) is 36.7 Å². The van der Waals surface area contributed by atoms with Gasteiger partial charge in [0.1, 0.15) is 0 Å². The summed E-state index contributed by atoms with van der Waals surface area (Å²) in [5.41, 5.74) is -0.933. The number of carbonyl (C=O) groups is 2. The van der Waals surface area contributed by atoms with E-state index in [0.717, 1.165) is 18.5 Å². The number of non-ortho nitro benzene ring substituents is 1. The number of pyridine rings is 1. The first-order valence-electron chi connectivity index (χ1n) is 5.61. The van der Waals surface area contributed by atoms with Crippen LogP contribution in [0.25, 0.3) is 11.1 Å². The lowest BCUT2D eigenvalue weighted by molar-refractivity contribution is -0.384. The second kappa shape index (κ2) is 6.64. The number of aromatic nitrogens is 1. The van der Waals surface area contributed by atoms with E-state index in [4.69, 9.17) is 10.2 Å². The SMILES string of the molecule is Cl.O=C(O)c1cncc(C(=O)O)c1-c1cccc([N+](=O)[O-])c1. The molecule has 2 N–H and O–H groups in total. The van der Waals surface area contributed by atoms with Gasteiger partial charge in [0.05, 0.1) is 16.1 Å². The number of hydrogen-bond donors (Lipinski definition) is 2. The number of nitro benzene ring substituents is 1. The minimum absolute atomic E-state index is 0. The van der Waals surface area contributed by atoms with Crippen molar-refractivity contribution in [1.82, 2.24) is 4.98 Å². The predicted octanol–water partition coefficient (Wildman–Crippen LogP) is 2.48. The van der Waals surface area contributed by atoms with Crippen molar-refractivity contribution in [3.05, 3.63) is 57.9 Å². The normalized spacial score (nSPS) is 9.64. The molecule has 0 bridgehead atoms. The van der Waals surface area contributed by atoms with Gasteiger partial charge in [-0.15, -0.1) is 12.4 Å². The maximum atomic E-state index is 11.2. The highest BCUT2D eigenvalue weighted by Crippen LogP contribution is 2.30. The number of rotatable bonds is 4. The molecule has 22 heavy (non-hydrogen) atoms. The van der Waals surface area contributed by atoms with Crippen molar-refractivity contribution in [3.8, 4) is 11.1 Å². The molecule has 1 aromatic carbocycles. The molecule has 2 aromatic rings. The highest BCUT2D eigenvalue weighted by molar-refractivity contribution is 6.04. The minimum Gasteiger partial charge on any atom is -0.478 e. The van der Waals surface area contributed by atoms with E-state index in [1.165, 1.54) is 18.2 Å². The van der Waals surface area contributed by atoms with Gasteiger partial charge in [-0.2, -0.15) is 0 Å². The zero-order chi connectivity index (χ0) is 15.6. The van der Waals surface area contributed by atoms with Crippen LogP contribution in [0.1, 0.15) is 20.7 Å². The summed E-state index contributed by atoms with van der Waals surface area (Å²) < 4.78 is 0. The van der Waals surface area contributed by atoms with Gasteiger partial charge in [0.15, 0.2) is 0 Å². The topological polar surface area (TPSA) is 131 Å². The third kappa shape index (κ3) is 3.18. The Labute approximate surface area is 129 Å². The summed E-state index contributed by atoms with van der Waals surface area (Å²) in [5.74, 6) is -2.74. The van der Waals surface area contributed by atoms with E-state index >= 15 is 0 Å². The van der Waals surface area contributed by atoms with Gasteiger partial charge in [-0.25, -0.2) is 9.59 Å². The van der Waals surface area contributed by atoms with Crippen LogP contribution in [0.5, 0.6) is 0 Å². The molecule has 1 aromatic heterocycles. The third-order valence-electron chi connectivity index (χ3n) is 2.75. The molecule has 0 saturated carbocycles. The number of halogens is 1. The number of hydrogen-bond acceptors (Lipinski definition) is 5. The summed E-state index contributed by atoms with van der Waals surface area (Å²) in [6.07, 6.45) is 2.01. The van der Waals surface area contributed by atoms with Crippen molar-refractivity contribution in [3.63, 3.8) is 0 Å². The lowest BCUT2D eigenvalue weighted by Gasteiger charge is -2.09. The molecule has 0 spiro atoms. The monoisotopic (exact) mass is 324 g/mol. The van der Waals surface area contributed by atoms with Crippen LogP contribution in [-0.4, -0.2) is 32.1 Å². The molecule has 9 heteroatoms. The summed E-state index contributed by atoms with van der Waals surface area (Å²) in [4.78, 5) is 36.2. The van der Waals surface area contributed by atoms with Crippen molar-refractivity contribution in [2.24, 2.45) is 0 Å². The van der Waals surface area contributed by atoms with Gasteiger partial charge in [-0.1, -0.05) is 12.1 Å². The average Bonchev–Trinajstić information content (AvgIpc) is 2.46. The van der Waals surface area contributed by atoms with E-state index < -0.39 is 16.9 Å². The summed E-state index contributed by atoms with van der Waals surface area (Å²) in [6, 6.07) is 5.10. The molecule has 1 heterocycles. The van der Waals surface area contributed by atoms with Crippen molar-refractivity contribution in [2.45, 2.75) is 0 Å². The molecule has 8 nitrogen and oxygen atoms in total. The molecule has 0 atom stereocenters. The van der Waals surface area contributed by atoms with E-state index in [1.54, 1.807) is 0 Å². The number of nitro groups is 1. The largest absolute Gasteiger partial charge is 0.478 e. The zero-order valence-electron chi connectivity index (χ0n) is 10.8. The van der Waals surface area contributed by atoms with Crippen molar-refractivity contribution in [1.29, 1.82) is 0 Å². The molecule has 0 amide bonds. The van der Waals surface area contributed by atoms with Gasteiger partial charge in [0, 0.05) is 30.1 Å². The Kier molecular flexibility index (Phi) is 5.14. The Bertz CT molecular complexity index is 730. The Morgan fingerprint density at radius 2 is 1.64 bits per heavy atom. The fourth-order valence-corrected chi connectivity index (χ4v) is 1.87. The maximum Gasteiger partial charge on any atom is 0.337 e. The quantitative estimate of drug-likeness (QED) is 0.652. The van der Waals surface area contributed by atoms with E-state index in [-0.39, 0.29) is 40.3 Å². The molecule has 2 rings (SSSR count). The van der Waals surface area contributed by atoms with Crippen LogP contribution in [-0.2, 0) is 0 Å². The second-order valence-corrected chi connectivity index (χ2v) is 4.03. The molecule has 0 aliphatic heterocycles. The number of carboxylic acids is 2. The second-order valence-electron chi connectivity index (χ2n) is 4.03. The minimum atomic E-state index is -1.37. The van der Waals surface area contributed by atoms with E-state index in [2.05, 4.69) is 4.98 Å². The smallest absolute Gasteiger partial charge is 0.337 e. The molecule has 0 fully saturated rings. The Hall–Kier alpha value is -3.00. The van der Waals surface area contributed by atoms with Gasteiger partial charge in [-0.05, 0) is 5.56 Å². The van der Waals surface area contributed by atoms with Gasteiger partial charge in [0.25, 0.3) is 5.69 Å². The molecule has 114 valence electrons. The number of benzene rings is 1. The standard InChI is InChI=1S/C13H8N2O6.ClH/c16-12(17)9-5-14-6-10(13(18)19)11(9)7-2-1-3-8(4-7)15(20)21;/h1-6H,(H,16,17)(H,18,19);1H. The highest BCUT2D eigenvalue weighted by atomic mass is 35.5. The van der Waals surface area contributed by atoms with Crippen LogP contribution in [0.3, 0.4) is 0 Å². The van der Waals surface area contributed by atoms with Gasteiger partial charge >= 0.3 is 11.9 Å². The zero-order valence-corrected chi connectivity index (χ0v) is 11.6. The Balaban J connectivity index is 0.00000242. The summed E-state index contributed by atoms with van der Waals surface area (Å²) in [7, 11) is 0. The van der Waals surface area contributed by atoms with Gasteiger partial charge in [0.2, 0.25) is 0 Å². The fourth-order valence-electron chi connectivity index (χ4n) is 1.87. The van der Waals surface area contributed by atoms with Crippen molar-refractivity contribution in [2.75, 3.05) is 0 Å².